The molecule has 1 unspecified atom stereocenters. The molecule has 1 atom stereocenters. The van der Waals surface area contributed by atoms with E-state index in [9.17, 15) is 18.8 Å². The zero-order chi connectivity index (χ0) is 21.7. The molecule has 7 heteroatoms. The predicted octanol–water partition coefficient (Wildman–Crippen LogP) is 3.27. The molecule has 0 bridgehead atoms. The minimum atomic E-state index is -0.901. The van der Waals surface area contributed by atoms with Gasteiger partial charge in [-0.3, -0.25) is 14.4 Å². The van der Waals surface area contributed by atoms with E-state index in [2.05, 4.69) is 0 Å². The van der Waals surface area contributed by atoms with E-state index in [0.717, 1.165) is 5.69 Å². The van der Waals surface area contributed by atoms with Gasteiger partial charge in [-0.15, -0.1) is 0 Å². The molecule has 3 rings (SSSR count). The molecule has 0 spiro atoms. The summed E-state index contributed by atoms with van der Waals surface area (Å²) in [5, 5.41) is 0. The number of halogens is 1. The molecule has 0 saturated carbocycles. The Morgan fingerprint density at radius 3 is 2.23 bits per heavy atom. The lowest BCUT2D eigenvalue weighted by Crippen LogP contribution is -2.42. The summed E-state index contributed by atoms with van der Waals surface area (Å²) in [4.78, 5) is 40.7. The van der Waals surface area contributed by atoms with Gasteiger partial charge in [0.05, 0.1) is 5.92 Å². The van der Waals surface area contributed by atoms with Crippen molar-refractivity contribution in [2.75, 3.05) is 25.0 Å². The third-order valence-corrected chi connectivity index (χ3v) is 5.32. The van der Waals surface area contributed by atoms with Gasteiger partial charge < -0.3 is 14.5 Å². The number of likely N-dealkylation sites (N-methyl/N-ethyl adjacent to an activating group) is 1. The normalized spacial score (nSPS) is 15.4. The summed E-state index contributed by atoms with van der Waals surface area (Å²) in [5.74, 6) is -1.67. The fourth-order valence-electron chi connectivity index (χ4n) is 3.47. The number of hydrogen-bond donors (Lipinski definition) is 0. The number of likely N-dealkylation sites (tertiary alicyclic amines) is 1. The van der Waals surface area contributed by atoms with Gasteiger partial charge in [-0.1, -0.05) is 18.2 Å². The molecule has 1 saturated heterocycles. The van der Waals surface area contributed by atoms with Gasteiger partial charge in [-0.2, -0.15) is 0 Å². The van der Waals surface area contributed by atoms with Gasteiger partial charge in [0.15, 0.2) is 6.10 Å². The minimum absolute atomic E-state index is 0.185. The molecule has 6 nitrogen and oxygen atoms in total. The standard InChI is InChI=1S/C23H25FN2O4/c1-16(21(27)25(2)20-6-4-3-5-7-20)30-23(29)18-12-14-26(15-13-18)22(28)17-8-10-19(24)11-9-17/h3-11,16,18H,12-15H2,1-2H3. The molecule has 0 aromatic heterocycles. The monoisotopic (exact) mass is 412 g/mol. The molecule has 0 N–H and O–H groups in total. The van der Waals surface area contributed by atoms with E-state index in [-0.39, 0.29) is 17.7 Å². The molecule has 0 radical (unpaired) electrons. The van der Waals surface area contributed by atoms with E-state index in [1.165, 1.54) is 29.2 Å². The van der Waals surface area contributed by atoms with Crippen molar-refractivity contribution >= 4 is 23.5 Å². The highest BCUT2D eigenvalue weighted by molar-refractivity contribution is 5.97. The van der Waals surface area contributed by atoms with Crippen LogP contribution in [0.1, 0.15) is 30.1 Å². The Hall–Kier alpha value is -3.22. The molecule has 2 aromatic carbocycles. The van der Waals surface area contributed by atoms with E-state index >= 15 is 0 Å². The second-order valence-electron chi connectivity index (χ2n) is 7.39. The molecule has 1 aliphatic heterocycles. The first kappa shape index (κ1) is 21.5. The van der Waals surface area contributed by atoms with Crippen molar-refractivity contribution in [1.29, 1.82) is 0 Å². The SMILES string of the molecule is CC(OC(=O)C1CCN(C(=O)c2ccc(F)cc2)CC1)C(=O)N(C)c1ccccc1. The fraction of sp³-hybridized carbons (Fsp3) is 0.348. The van der Waals surface area contributed by atoms with Gasteiger partial charge in [0, 0.05) is 31.4 Å². The Morgan fingerprint density at radius 2 is 1.63 bits per heavy atom. The number of hydrogen-bond acceptors (Lipinski definition) is 4. The number of nitrogens with zero attached hydrogens (tertiary/aromatic N) is 2. The van der Waals surface area contributed by atoms with Crippen LogP contribution in [0.5, 0.6) is 0 Å². The van der Waals surface area contributed by atoms with Gasteiger partial charge in [-0.25, -0.2) is 4.39 Å². The highest BCUT2D eigenvalue weighted by Crippen LogP contribution is 2.22. The Bertz CT molecular complexity index is 893. The van der Waals surface area contributed by atoms with Crippen molar-refractivity contribution < 1.29 is 23.5 Å². The van der Waals surface area contributed by atoms with Crippen LogP contribution in [0.2, 0.25) is 0 Å². The second-order valence-corrected chi connectivity index (χ2v) is 7.39. The number of ether oxygens (including phenoxy) is 1. The maximum atomic E-state index is 13.0. The summed E-state index contributed by atoms with van der Waals surface area (Å²) in [5.41, 5.74) is 1.14. The summed E-state index contributed by atoms with van der Waals surface area (Å²) in [6.45, 7) is 2.37. The Labute approximate surface area is 175 Å². The van der Waals surface area contributed by atoms with Crippen LogP contribution < -0.4 is 4.90 Å². The number of rotatable bonds is 5. The summed E-state index contributed by atoms with van der Waals surface area (Å²) in [6.07, 6.45) is 0.0177. The average Bonchev–Trinajstić information content (AvgIpc) is 2.78. The van der Waals surface area contributed by atoms with Gasteiger partial charge in [-0.05, 0) is 56.2 Å². The minimum Gasteiger partial charge on any atom is -0.452 e. The maximum Gasteiger partial charge on any atom is 0.309 e. The lowest BCUT2D eigenvalue weighted by Gasteiger charge is -2.31. The molecule has 1 aliphatic rings. The second kappa shape index (κ2) is 9.52. The van der Waals surface area contributed by atoms with Crippen LogP contribution in [0.25, 0.3) is 0 Å². The zero-order valence-corrected chi connectivity index (χ0v) is 17.1. The lowest BCUT2D eigenvalue weighted by atomic mass is 9.96. The number of esters is 1. The van der Waals surface area contributed by atoms with E-state index in [1.807, 2.05) is 18.2 Å². The van der Waals surface area contributed by atoms with Crippen molar-refractivity contribution in [3.63, 3.8) is 0 Å². The van der Waals surface area contributed by atoms with Crippen molar-refractivity contribution in [1.82, 2.24) is 4.90 Å². The largest absolute Gasteiger partial charge is 0.452 e. The van der Waals surface area contributed by atoms with Gasteiger partial charge in [0.1, 0.15) is 5.82 Å². The summed E-state index contributed by atoms with van der Waals surface area (Å²) in [7, 11) is 1.64. The topological polar surface area (TPSA) is 66.9 Å². The van der Waals surface area contributed by atoms with Gasteiger partial charge >= 0.3 is 5.97 Å². The number of carbonyl (C=O) groups is 3. The van der Waals surface area contributed by atoms with Crippen molar-refractivity contribution in [3.8, 4) is 0 Å². The number of para-hydroxylation sites is 1. The van der Waals surface area contributed by atoms with Crippen LogP contribution in [0.3, 0.4) is 0 Å². The Balaban J connectivity index is 1.50. The van der Waals surface area contributed by atoms with Crippen molar-refractivity contribution in [3.05, 3.63) is 66.0 Å². The first-order chi connectivity index (χ1) is 14.4. The molecule has 1 fully saturated rings. The molecular formula is C23H25FN2O4. The number of benzene rings is 2. The van der Waals surface area contributed by atoms with E-state index < -0.39 is 17.9 Å². The van der Waals surface area contributed by atoms with Crippen molar-refractivity contribution in [2.24, 2.45) is 5.92 Å². The number of anilines is 1. The molecule has 0 aliphatic carbocycles. The first-order valence-corrected chi connectivity index (χ1v) is 9.94. The van der Waals surface area contributed by atoms with Crippen LogP contribution in [0, 0.1) is 11.7 Å². The van der Waals surface area contributed by atoms with Crippen LogP contribution in [-0.2, 0) is 14.3 Å². The molecule has 30 heavy (non-hydrogen) atoms. The predicted molar refractivity (Wildman–Crippen MR) is 110 cm³/mol. The molecule has 1 heterocycles. The molecule has 2 amide bonds. The number of amides is 2. The third-order valence-electron chi connectivity index (χ3n) is 5.32. The van der Waals surface area contributed by atoms with E-state index in [4.69, 9.17) is 4.74 Å². The fourth-order valence-corrected chi connectivity index (χ4v) is 3.47. The van der Waals surface area contributed by atoms with Crippen LogP contribution in [0.15, 0.2) is 54.6 Å². The third kappa shape index (κ3) is 5.03. The smallest absolute Gasteiger partial charge is 0.309 e. The maximum absolute atomic E-state index is 13.0. The Morgan fingerprint density at radius 1 is 1.03 bits per heavy atom. The van der Waals surface area contributed by atoms with Crippen molar-refractivity contribution in [2.45, 2.75) is 25.9 Å². The van der Waals surface area contributed by atoms with Crippen LogP contribution in [0.4, 0.5) is 10.1 Å². The first-order valence-electron chi connectivity index (χ1n) is 9.94. The highest BCUT2D eigenvalue weighted by Gasteiger charge is 2.31. The lowest BCUT2D eigenvalue weighted by molar-refractivity contribution is -0.159. The molecule has 2 aromatic rings. The summed E-state index contributed by atoms with van der Waals surface area (Å²) in [6, 6.07) is 14.5. The Kier molecular flexibility index (Phi) is 6.82. The number of carbonyl (C=O) groups excluding carboxylic acids is 3. The summed E-state index contributed by atoms with van der Waals surface area (Å²) < 4.78 is 18.4. The summed E-state index contributed by atoms with van der Waals surface area (Å²) >= 11 is 0. The molecular weight excluding hydrogens is 387 g/mol. The van der Waals surface area contributed by atoms with E-state index in [1.54, 1.807) is 31.0 Å². The quantitative estimate of drug-likeness (QED) is 0.707. The molecule has 158 valence electrons. The highest BCUT2D eigenvalue weighted by atomic mass is 19.1. The van der Waals surface area contributed by atoms with Gasteiger partial charge in [0.25, 0.3) is 11.8 Å². The van der Waals surface area contributed by atoms with Gasteiger partial charge in [0.2, 0.25) is 0 Å². The van der Waals surface area contributed by atoms with E-state index in [0.29, 0.717) is 31.5 Å². The zero-order valence-electron chi connectivity index (χ0n) is 17.1. The van der Waals surface area contributed by atoms with Crippen LogP contribution in [-0.4, -0.2) is 48.9 Å². The van der Waals surface area contributed by atoms with Crippen LogP contribution >= 0.6 is 0 Å². The number of piperidine rings is 1. The average molecular weight is 412 g/mol.